The molecule has 1 aromatic heterocycles. The van der Waals surface area contributed by atoms with Crippen molar-refractivity contribution in [1.29, 1.82) is 0 Å². The molecular formula is C20H17F2N3O. The Morgan fingerprint density at radius 1 is 1.12 bits per heavy atom. The molecule has 0 aliphatic rings. The lowest BCUT2D eigenvalue weighted by Crippen LogP contribution is -2.09. The van der Waals surface area contributed by atoms with Gasteiger partial charge in [-0.25, -0.2) is 13.5 Å². The normalized spacial score (nSPS) is 11.1. The van der Waals surface area contributed by atoms with Crippen molar-refractivity contribution in [3.8, 4) is 5.69 Å². The molecule has 0 spiro atoms. The predicted octanol–water partition coefficient (Wildman–Crippen LogP) is 4.42. The van der Waals surface area contributed by atoms with Crippen LogP contribution in [0.4, 0.5) is 14.5 Å². The molecule has 0 saturated heterocycles. The third-order valence-electron chi connectivity index (χ3n) is 3.94. The largest absolute Gasteiger partial charge is 0.320 e. The molecule has 0 saturated carbocycles. The molecule has 0 aliphatic heterocycles. The van der Waals surface area contributed by atoms with E-state index in [-0.39, 0.29) is 5.69 Å². The summed E-state index contributed by atoms with van der Waals surface area (Å²) in [4.78, 5) is 12.0. The van der Waals surface area contributed by atoms with E-state index in [0.29, 0.717) is 0 Å². The van der Waals surface area contributed by atoms with Crippen LogP contribution in [-0.2, 0) is 4.79 Å². The number of halogens is 2. The van der Waals surface area contributed by atoms with E-state index in [4.69, 9.17) is 0 Å². The Morgan fingerprint density at radius 2 is 1.85 bits per heavy atom. The first-order chi connectivity index (χ1) is 12.5. The van der Waals surface area contributed by atoms with Crippen molar-refractivity contribution in [2.45, 2.75) is 13.8 Å². The summed E-state index contributed by atoms with van der Waals surface area (Å²) in [6, 6.07) is 12.6. The molecule has 1 heterocycles. The van der Waals surface area contributed by atoms with Crippen LogP contribution in [0.3, 0.4) is 0 Å². The van der Waals surface area contributed by atoms with Gasteiger partial charge in [0.05, 0.1) is 17.1 Å². The summed E-state index contributed by atoms with van der Waals surface area (Å²) in [5, 5.41) is 6.89. The van der Waals surface area contributed by atoms with E-state index >= 15 is 0 Å². The lowest BCUT2D eigenvalue weighted by Gasteiger charge is -2.04. The van der Waals surface area contributed by atoms with Crippen molar-refractivity contribution in [3.63, 3.8) is 0 Å². The first-order valence-electron chi connectivity index (χ1n) is 8.01. The van der Waals surface area contributed by atoms with Crippen molar-refractivity contribution in [3.05, 3.63) is 83.2 Å². The number of hydrogen-bond acceptors (Lipinski definition) is 2. The SMILES string of the molecule is Cc1nn(-c2ccccc2)c(C)c1/C=C/C(=O)Nc1ccc(F)cc1F. The maximum absolute atomic E-state index is 13.6. The number of hydrogen-bond donors (Lipinski definition) is 1. The third-order valence-corrected chi connectivity index (χ3v) is 3.94. The maximum Gasteiger partial charge on any atom is 0.248 e. The van der Waals surface area contributed by atoms with Gasteiger partial charge in [-0.3, -0.25) is 4.79 Å². The molecule has 0 aliphatic carbocycles. The third kappa shape index (κ3) is 3.69. The molecule has 26 heavy (non-hydrogen) atoms. The van der Waals surface area contributed by atoms with Crippen LogP contribution in [0.5, 0.6) is 0 Å². The van der Waals surface area contributed by atoms with Crippen molar-refractivity contribution >= 4 is 17.7 Å². The summed E-state index contributed by atoms with van der Waals surface area (Å²) in [7, 11) is 0. The molecule has 0 bridgehead atoms. The predicted molar refractivity (Wildman–Crippen MR) is 97.1 cm³/mol. The molecule has 1 amide bonds. The van der Waals surface area contributed by atoms with Gasteiger partial charge < -0.3 is 5.32 Å². The highest BCUT2D eigenvalue weighted by molar-refractivity contribution is 6.02. The fourth-order valence-corrected chi connectivity index (χ4v) is 2.64. The Balaban J connectivity index is 1.80. The second-order valence-electron chi connectivity index (χ2n) is 5.78. The van der Waals surface area contributed by atoms with Crippen LogP contribution >= 0.6 is 0 Å². The molecule has 0 radical (unpaired) electrons. The molecular weight excluding hydrogens is 336 g/mol. The van der Waals surface area contributed by atoms with Gasteiger partial charge in [0, 0.05) is 23.4 Å². The van der Waals surface area contributed by atoms with E-state index in [1.165, 1.54) is 12.1 Å². The Labute approximate surface area is 149 Å². The second kappa shape index (κ2) is 7.31. The lowest BCUT2D eigenvalue weighted by molar-refractivity contribution is -0.111. The lowest BCUT2D eigenvalue weighted by atomic mass is 10.2. The quantitative estimate of drug-likeness (QED) is 0.706. The fourth-order valence-electron chi connectivity index (χ4n) is 2.64. The zero-order valence-electron chi connectivity index (χ0n) is 14.3. The van der Waals surface area contributed by atoms with Gasteiger partial charge in [-0.15, -0.1) is 0 Å². The minimum absolute atomic E-state index is 0.0746. The first kappa shape index (κ1) is 17.5. The van der Waals surface area contributed by atoms with Crippen molar-refractivity contribution in [2.75, 3.05) is 5.32 Å². The van der Waals surface area contributed by atoms with Gasteiger partial charge in [0.2, 0.25) is 5.91 Å². The van der Waals surface area contributed by atoms with Crippen LogP contribution < -0.4 is 5.32 Å². The minimum Gasteiger partial charge on any atom is -0.320 e. The summed E-state index contributed by atoms with van der Waals surface area (Å²) < 4.78 is 28.3. The summed E-state index contributed by atoms with van der Waals surface area (Å²) in [6.07, 6.45) is 2.93. The van der Waals surface area contributed by atoms with Gasteiger partial charge in [0.15, 0.2) is 0 Å². The van der Waals surface area contributed by atoms with Crippen LogP contribution in [0.2, 0.25) is 0 Å². The molecule has 3 aromatic rings. The Bertz CT molecular complexity index is 978. The highest BCUT2D eigenvalue weighted by Crippen LogP contribution is 2.19. The Morgan fingerprint density at radius 3 is 2.54 bits per heavy atom. The summed E-state index contributed by atoms with van der Waals surface area (Å²) >= 11 is 0. The number of amides is 1. The summed E-state index contributed by atoms with van der Waals surface area (Å²) in [5.41, 5.74) is 3.30. The van der Waals surface area contributed by atoms with E-state index < -0.39 is 17.5 Å². The molecule has 1 N–H and O–H groups in total. The summed E-state index contributed by atoms with van der Waals surface area (Å²) in [6.45, 7) is 3.76. The van der Waals surface area contributed by atoms with E-state index in [1.54, 1.807) is 10.8 Å². The standard InChI is InChI=1S/C20H17F2N3O/c1-13-17(14(2)25(24-13)16-6-4-3-5-7-16)9-11-20(26)23-19-10-8-15(21)12-18(19)22/h3-12H,1-2H3,(H,23,26)/b11-9+. The average Bonchev–Trinajstić information content (AvgIpc) is 2.90. The van der Waals surface area contributed by atoms with Gasteiger partial charge in [-0.2, -0.15) is 5.10 Å². The van der Waals surface area contributed by atoms with Gasteiger partial charge >= 0.3 is 0 Å². The van der Waals surface area contributed by atoms with E-state index in [2.05, 4.69) is 10.4 Å². The molecule has 2 aromatic carbocycles. The monoisotopic (exact) mass is 353 g/mol. The highest BCUT2D eigenvalue weighted by Gasteiger charge is 2.11. The van der Waals surface area contributed by atoms with Crippen molar-refractivity contribution in [2.24, 2.45) is 0 Å². The Kier molecular flexibility index (Phi) is 4.93. The Hall–Kier alpha value is -3.28. The number of carbonyl (C=O) groups is 1. The molecule has 4 nitrogen and oxygen atoms in total. The number of carbonyl (C=O) groups excluding carboxylic acids is 1. The number of benzene rings is 2. The van der Waals surface area contributed by atoms with Crippen LogP contribution in [0.25, 0.3) is 11.8 Å². The number of anilines is 1. The number of nitrogens with zero attached hydrogens (tertiary/aromatic N) is 2. The maximum atomic E-state index is 13.6. The van der Waals surface area contributed by atoms with Crippen LogP contribution in [-0.4, -0.2) is 15.7 Å². The van der Waals surface area contributed by atoms with Gasteiger partial charge in [0.1, 0.15) is 11.6 Å². The second-order valence-corrected chi connectivity index (χ2v) is 5.78. The highest BCUT2D eigenvalue weighted by atomic mass is 19.1. The van der Waals surface area contributed by atoms with Gasteiger partial charge in [-0.05, 0) is 44.2 Å². The summed E-state index contributed by atoms with van der Waals surface area (Å²) in [5.74, 6) is -2.03. The number of aromatic nitrogens is 2. The minimum atomic E-state index is -0.823. The molecule has 6 heteroatoms. The van der Waals surface area contributed by atoms with Crippen LogP contribution in [0, 0.1) is 25.5 Å². The molecule has 132 valence electrons. The topological polar surface area (TPSA) is 46.9 Å². The molecule has 0 unspecified atom stereocenters. The molecule has 0 fully saturated rings. The van der Waals surface area contributed by atoms with Gasteiger partial charge in [0.25, 0.3) is 0 Å². The molecule has 0 atom stereocenters. The van der Waals surface area contributed by atoms with Gasteiger partial charge in [-0.1, -0.05) is 18.2 Å². The van der Waals surface area contributed by atoms with E-state index in [1.807, 2.05) is 44.2 Å². The number of para-hydroxylation sites is 1. The smallest absolute Gasteiger partial charge is 0.248 e. The van der Waals surface area contributed by atoms with Crippen molar-refractivity contribution < 1.29 is 13.6 Å². The number of rotatable bonds is 4. The van der Waals surface area contributed by atoms with E-state index in [9.17, 15) is 13.6 Å². The van der Waals surface area contributed by atoms with Crippen molar-refractivity contribution in [1.82, 2.24) is 9.78 Å². The van der Waals surface area contributed by atoms with E-state index in [0.717, 1.165) is 34.8 Å². The zero-order chi connectivity index (χ0) is 18.7. The zero-order valence-corrected chi connectivity index (χ0v) is 14.3. The number of nitrogens with one attached hydrogen (secondary N) is 1. The average molecular weight is 353 g/mol. The van der Waals surface area contributed by atoms with Crippen LogP contribution in [0.1, 0.15) is 17.0 Å². The molecule has 3 rings (SSSR count). The number of aryl methyl sites for hydroxylation is 1. The fraction of sp³-hybridized carbons (Fsp3) is 0.100. The first-order valence-corrected chi connectivity index (χ1v) is 8.01. The van der Waals surface area contributed by atoms with Crippen LogP contribution in [0.15, 0.2) is 54.6 Å².